The standard InChI is InChI=1S/C15H19ClN2O3S/c1-18-7-6-14(11-2-4-13(16)5-3-11)12(8-18)9-22(21)10-15(19)17-20/h2-5,12,14H,6-10H2,1H3/t12-,14-,22?/m1/s1. The molecule has 1 aliphatic heterocycles. The van der Waals surface area contributed by atoms with Gasteiger partial charge in [-0.15, -0.1) is 4.91 Å². The first-order valence-corrected chi connectivity index (χ1v) is 9.01. The highest BCUT2D eigenvalue weighted by molar-refractivity contribution is 7.85. The minimum Gasteiger partial charge on any atom is -0.306 e. The Bertz CT molecular complexity index is 564. The zero-order chi connectivity index (χ0) is 16.1. The lowest BCUT2D eigenvalue weighted by Gasteiger charge is -2.37. The number of piperidine rings is 1. The van der Waals surface area contributed by atoms with Gasteiger partial charge in [-0.2, -0.15) is 0 Å². The Kier molecular flexibility index (Phi) is 6.23. The molecule has 0 saturated carbocycles. The fourth-order valence-corrected chi connectivity index (χ4v) is 4.38. The average molecular weight is 343 g/mol. The fourth-order valence-electron chi connectivity index (χ4n) is 2.99. The van der Waals surface area contributed by atoms with Gasteiger partial charge < -0.3 is 4.90 Å². The Labute approximate surface area is 137 Å². The van der Waals surface area contributed by atoms with Crippen molar-refractivity contribution in [2.24, 2.45) is 11.1 Å². The van der Waals surface area contributed by atoms with Crippen LogP contribution in [0.1, 0.15) is 17.9 Å². The molecule has 3 atom stereocenters. The van der Waals surface area contributed by atoms with Gasteiger partial charge in [-0.3, -0.25) is 9.00 Å². The SMILES string of the molecule is CN1CC[C@H](c2ccc(Cl)cc2)[C@@H](CS(=O)CC(=O)N=O)C1. The first-order chi connectivity index (χ1) is 10.5. The van der Waals surface area contributed by atoms with Crippen LogP contribution in [0.25, 0.3) is 0 Å². The fraction of sp³-hybridized carbons (Fsp3) is 0.533. The molecule has 0 N–H and O–H groups in total. The van der Waals surface area contributed by atoms with Gasteiger partial charge in [0.25, 0.3) is 5.91 Å². The second-order valence-electron chi connectivity index (χ2n) is 5.70. The van der Waals surface area contributed by atoms with Gasteiger partial charge in [0, 0.05) is 33.3 Å². The second kappa shape index (κ2) is 7.94. The maximum atomic E-state index is 12.1. The molecule has 5 nitrogen and oxygen atoms in total. The number of nitroso groups, excluding NO2 is 1. The van der Waals surface area contributed by atoms with Gasteiger partial charge in [-0.1, -0.05) is 23.7 Å². The van der Waals surface area contributed by atoms with Crippen LogP contribution >= 0.6 is 11.6 Å². The summed E-state index contributed by atoms with van der Waals surface area (Å²) in [6, 6.07) is 7.74. The molecule has 2 rings (SSSR count). The minimum atomic E-state index is -1.36. The van der Waals surface area contributed by atoms with Crippen LogP contribution in [0.5, 0.6) is 0 Å². The van der Waals surface area contributed by atoms with Gasteiger partial charge in [0.05, 0.1) is 0 Å². The van der Waals surface area contributed by atoms with Crippen LogP contribution in [-0.2, 0) is 15.6 Å². The van der Waals surface area contributed by atoms with Gasteiger partial charge in [-0.25, -0.2) is 0 Å². The van der Waals surface area contributed by atoms with E-state index in [4.69, 9.17) is 11.6 Å². The van der Waals surface area contributed by atoms with Crippen molar-refractivity contribution in [1.29, 1.82) is 0 Å². The van der Waals surface area contributed by atoms with E-state index < -0.39 is 16.7 Å². The molecule has 1 aromatic rings. The quantitative estimate of drug-likeness (QED) is 0.771. The summed E-state index contributed by atoms with van der Waals surface area (Å²) in [7, 11) is 0.676. The zero-order valence-corrected chi connectivity index (χ0v) is 14.0. The summed E-state index contributed by atoms with van der Waals surface area (Å²) in [5.41, 5.74) is 1.18. The molecular weight excluding hydrogens is 324 g/mol. The van der Waals surface area contributed by atoms with Crippen LogP contribution in [0.3, 0.4) is 0 Å². The van der Waals surface area contributed by atoms with Gasteiger partial charge in [0.15, 0.2) is 0 Å². The summed E-state index contributed by atoms with van der Waals surface area (Å²) in [6.07, 6.45) is 0.972. The third kappa shape index (κ3) is 4.69. The summed E-state index contributed by atoms with van der Waals surface area (Å²) in [6.45, 7) is 1.80. The van der Waals surface area contributed by atoms with Crippen molar-refractivity contribution < 1.29 is 9.00 Å². The zero-order valence-electron chi connectivity index (χ0n) is 12.4. The van der Waals surface area contributed by atoms with Gasteiger partial charge in [0.1, 0.15) is 5.75 Å². The number of hydrogen-bond acceptors (Lipinski definition) is 4. The molecule has 1 heterocycles. The first kappa shape index (κ1) is 17.2. The molecule has 7 heteroatoms. The highest BCUT2D eigenvalue weighted by Gasteiger charge is 2.30. The number of benzene rings is 1. The van der Waals surface area contributed by atoms with E-state index in [2.05, 4.69) is 10.1 Å². The largest absolute Gasteiger partial charge is 0.306 e. The molecule has 0 aliphatic carbocycles. The van der Waals surface area contributed by atoms with Crippen molar-refractivity contribution in [2.75, 3.05) is 31.6 Å². The summed E-state index contributed by atoms with van der Waals surface area (Å²) >= 11 is 5.93. The Morgan fingerprint density at radius 2 is 2.09 bits per heavy atom. The van der Waals surface area contributed by atoms with E-state index in [0.29, 0.717) is 10.8 Å². The maximum absolute atomic E-state index is 12.1. The lowest BCUT2D eigenvalue weighted by Crippen LogP contribution is -2.39. The molecule has 0 spiro atoms. The lowest BCUT2D eigenvalue weighted by molar-refractivity contribution is -0.115. The molecular formula is C15H19ClN2O3S. The Morgan fingerprint density at radius 3 is 2.73 bits per heavy atom. The number of rotatable bonds is 5. The number of amides is 1. The summed E-state index contributed by atoms with van der Waals surface area (Å²) in [5, 5.41) is 3.01. The predicted molar refractivity (Wildman–Crippen MR) is 88.5 cm³/mol. The molecule has 120 valence electrons. The van der Waals surface area contributed by atoms with E-state index in [1.165, 1.54) is 5.56 Å². The van der Waals surface area contributed by atoms with Gasteiger partial charge >= 0.3 is 0 Å². The predicted octanol–water partition coefficient (Wildman–Crippen LogP) is 2.42. The van der Waals surface area contributed by atoms with Crippen molar-refractivity contribution in [3.8, 4) is 0 Å². The Hall–Kier alpha value is -1.11. The van der Waals surface area contributed by atoms with Crippen LogP contribution in [-0.4, -0.2) is 46.7 Å². The van der Waals surface area contributed by atoms with Crippen LogP contribution in [0.4, 0.5) is 0 Å². The van der Waals surface area contributed by atoms with Crippen LogP contribution in [0.15, 0.2) is 29.4 Å². The van der Waals surface area contributed by atoms with E-state index in [-0.39, 0.29) is 17.6 Å². The number of halogens is 1. The Balaban J connectivity index is 2.09. The molecule has 0 bridgehead atoms. The number of carbonyl (C=O) groups is 1. The third-order valence-corrected chi connectivity index (χ3v) is 5.64. The number of nitrogens with zero attached hydrogens (tertiary/aromatic N) is 2. The van der Waals surface area contributed by atoms with Crippen molar-refractivity contribution in [3.05, 3.63) is 39.8 Å². The molecule has 1 fully saturated rings. The second-order valence-corrected chi connectivity index (χ2v) is 7.64. The molecule has 0 aromatic heterocycles. The monoisotopic (exact) mass is 342 g/mol. The van der Waals surface area contributed by atoms with Gasteiger partial charge in [-0.05, 0) is 49.5 Å². The molecule has 1 aromatic carbocycles. The number of carbonyl (C=O) groups excluding carboxylic acids is 1. The van der Waals surface area contributed by atoms with Gasteiger partial charge in [0.2, 0.25) is 0 Å². The summed E-state index contributed by atoms with van der Waals surface area (Å²) in [5.74, 6) is -0.252. The van der Waals surface area contributed by atoms with Crippen molar-refractivity contribution in [2.45, 2.75) is 12.3 Å². The molecule has 1 amide bonds. The van der Waals surface area contributed by atoms with E-state index >= 15 is 0 Å². The van der Waals surface area contributed by atoms with E-state index in [0.717, 1.165) is 19.5 Å². The summed E-state index contributed by atoms with van der Waals surface area (Å²) in [4.78, 5) is 23.4. The number of likely N-dealkylation sites (tertiary alicyclic amines) is 1. The van der Waals surface area contributed by atoms with Crippen molar-refractivity contribution in [3.63, 3.8) is 0 Å². The van der Waals surface area contributed by atoms with Crippen LogP contribution < -0.4 is 0 Å². The first-order valence-electron chi connectivity index (χ1n) is 7.14. The minimum absolute atomic E-state index is 0.181. The van der Waals surface area contributed by atoms with Crippen molar-refractivity contribution in [1.82, 2.24) is 4.90 Å². The van der Waals surface area contributed by atoms with Crippen molar-refractivity contribution >= 4 is 28.3 Å². The molecule has 0 radical (unpaired) electrons. The molecule has 22 heavy (non-hydrogen) atoms. The van der Waals surface area contributed by atoms with E-state index in [1.54, 1.807) is 0 Å². The van der Waals surface area contributed by atoms with Crippen LogP contribution in [0.2, 0.25) is 5.02 Å². The Morgan fingerprint density at radius 1 is 1.41 bits per heavy atom. The maximum Gasteiger partial charge on any atom is 0.298 e. The van der Waals surface area contributed by atoms with E-state index in [1.807, 2.05) is 31.3 Å². The smallest absolute Gasteiger partial charge is 0.298 e. The summed E-state index contributed by atoms with van der Waals surface area (Å²) < 4.78 is 12.1. The average Bonchev–Trinajstić information content (AvgIpc) is 2.48. The molecule has 1 aliphatic rings. The van der Waals surface area contributed by atoms with Crippen LogP contribution in [0, 0.1) is 10.8 Å². The highest BCUT2D eigenvalue weighted by atomic mass is 35.5. The molecule has 1 saturated heterocycles. The normalized spacial score (nSPS) is 23.9. The molecule has 1 unspecified atom stereocenters. The highest BCUT2D eigenvalue weighted by Crippen LogP contribution is 2.33. The topological polar surface area (TPSA) is 66.8 Å². The van der Waals surface area contributed by atoms with E-state index in [9.17, 15) is 13.9 Å². The lowest BCUT2D eigenvalue weighted by atomic mass is 9.81. The number of hydrogen-bond donors (Lipinski definition) is 0. The third-order valence-electron chi connectivity index (χ3n) is 4.02.